The molecule has 1 aliphatic heterocycles. The summed E-state index contributed by atoms with van der Waals surface area (Å²) >= 11 is 0. The van der Waals surface area contributed by atoms with E-state index >= 15 is 0 Å². The molecule has 1 fully saturated rings. The third kappa shape index (κ3) is 3.26. The zero-order valence-electron chi connectivity index (χ0n) is 17.1. The quantitative estimate of drug-likeness (QED) is 0.517. The Morgan fingerprint density at radius 1 is 1.17 bits per heavy atom. The normalized spacial score (nSPS) is 15.2. The van der Waals surface area contributed by atoms with Crippen LogP contribution in [-0.4, -0.2) is 47.2 Å². The molecule has 0 aromatic carbocycles. The Morgan fingerprint density at radius 2 is 2.00 bits per heavy atom. The Hall–Kier alpha value is -3.49. The van der Waals surface area contributed by atoms with Crippen LogP contribution in [0.25, 0.3) is 16.9 Å². The van der Waals surface area contributed by atoms with Crippen molar-refractivity contribution in [2.75, 3.05) is 18.0 Å². The predicted molar refractivity (Wildman–Crippen MR) is 114 cm³/mol. The van der Waals surface area contributed by atoms with Crippen molar-refractivity contribution < 1.29 is 0 Å². The minimum atomic E-state index is -0.0786. The molecule has 30 heavy (non-hydrogen) atoms. The van der Waals surface area contributed by atoms with E-state index in [1.165, 1.54) is 5.69 Å². The van der Waals surface area contributed by atoms with Gasteiger partial charge in [0.15, 0.2) is 11.6 Å². The number of aryl methyl sites for hydroxylation is 2. The topological polar surface area (TPSA) is 86.7 Å². The fourth-order valence-corrected chi connectivity index (χ4v) is 4.18. The molecule has 0 unspecified atom stereocenters. The van der Waals surface area contributed by atoms with E-state index in [4.69, 9.17) is 0 Å². The SMILES string of the molecule is Cc1cc2ncnc(N3CCC(Cn4nc(-n5cccn5)ccc4=O)CC3)c2n1C. The highest BCUT2D eigenvalue weighted by Crippen LogP contribution is 2.29. The lowest BCUT2D eigenvalue weighted by Crippen LogP contribution is -2.37. The highest BCUT2D eigenvalue weighted by Gasteiger charge is 2.24. The molecule has 9 nitrogen and oxygen atoms in total. The van der Waals surface area contributed by atoms with Gasteiger partial charge in [0.25, 0.3) is 5.56 Å². The summed E-state index contributed by atoms with van der Waals surface area (Å²) in [6.45, 7) is 4.49. The lowest BCUT2D eigenvalue weighted by Gasteiger charge is -2.33. The maximum absolute atomic E-state index is 12.3. The number of hydrogen-bond donors (Lipinski definition) is 0. The van der Waals surface area contributed by atoms with E-state index in [0.29, 0.717) is 18.3 Å². The summed E-state index contributed by atoms with van der Waals surface area (Å²) in [4.78, 5) is 23.7. The Balaban J connectivity index is 1.32. The average Bonchev–Trinajstić information content (AvgIpc) is 3.39. The molecule has 1 saturated heterocycles. The van der Waals surface area contributed by atoms with Crippen LogP contribution in [0.5, 0.6) is 0 Å². The number of piperidine rings is 1. The van der Waals surface area contributed by atoms with E-state index in [1.807, 2.05) is 12.3 Å². The first-order valence-electron chi connectivity index (χ1n) is 10.2. The smallest absolute Gasteiger partial charge is 0.266 e. The highest BCUT2D eigenvalue weighted by atomic mass is 16.1. The maximum atomic E-state index is 12.3. The summed E-state index contributed by atoms with van der Waals surface area (Å²) in [5, 5.41) is 8.71. The fourth-order valence-electron chi connectivity index (χ4n) is 4.18. The first kappa shape index (κ1) is 18.5. The minimum absolute atomic E-state index is 0.0786. The van der Waals surface area contributed by atoms with Gasteiger partial charge in [0.1, 0.15) is 11.8 Å². The first-order chi connectivity index (χ1) is 14.6. The van der Waals surface area contributed by atoms with Crippen LogP contribution in [0, 0.1) is 12.8 Å². The monoisotopic (exact) mass is 404 g/mol. The van der Waals surface area contributed by atoms with Crippen LogP contribution >= 0.6 is 0 Å². The van der Waals surface area contributed by atoms with Crippen molar-refractivity contribution in [3.05, 3.63) is 59.0 Å². The molecule has 0 radical (unpaired) electrons. The molecule has 0 spiro atoms. The third-order valence-electron chi connectivity index (χ3n) is 5.98. The summed E-state index contributed by atoms with van der Waals surface area (Å²) in [6.07, 6.45) is 7.13. The van der Waals surface area contributed by atoms with Gasteiger partial charge in [-0.3, -0.25) is 4.79 Å². The fraction of sp³-hybridized carbons (Fsp3) is 0.381. The van der Waals surface area contributed by atoms with Crippen molar-refractivity contribution in [2.24, 2.45) is 13.0 Å². The van der Waals surface area contributed by atoms with Crippen LogP contribution in [0.4, 0.5) is 5.82 Å². The molecular formula is C21H24N8O. The molecule has 0 atom stereocenters. The van der Waals surface area contributed by atoms with E-state index in [-0.39, 0.29) is 5.56 Å². The molecule has 5 rings (SSSR count). The van der Waals surface area contributed by atoms with E-state index < -0.39 is 0 Å². The van der Waals surface area contributed by atoms with Gasteiger partial charge in [-0.15, -0.1) is 5.10 Å². The van der Waals surface area contributed by atoms with Crippen molar-refractivity contribution >= 4 is 16.9 Å². The number of rotatable bonds is 4. The van der Waals surface area contributed by atoms with E-state index in [2.05, 4.69) is 49.7 Å². The van der Waals surface area contributed by atoms with Crippen molar-refractivity contribution in [3.63, 3.8) is 0 Å². The van der Waals surface area contributed by atoms with Gasteiger partial charge in [0.2, 0.25) is 0 Å². The van der Waals surface area contributed by atoms with Crippen molar-refractivity contribution in [1.29, 1.82) is 0 Å². The van der Waals surface area contributed by atoms with Crippen LogP contribution in [0.1, 0.15) is 18.5 Å². The Bertz CT molecular complexity index is 1230. The Morgan fingerprint density at radius 3 is 2.77 bits per heavy atom. The molecule has 4 aromatic rings. The van der Waals surface area contributed by atoms with Crippen LogP contribution in [0.3, 0.4) is 0 Å². The summed E-state index contributed by atoms with van der Waals surface area (Å²) in [5.74, 6) is 2.04. The zero-order chi connectivity index (χ0) is 20.7. The standard InChI is InChI=1S/C21H24N8O/c1-15-12-17-20(26(15)2)21(23-14-22-17)27-10-6-16(7-11-27)13-29-19(30)5-4-18(25-29)28-9-3-8-24-28/h3-5,8-9,12,14,16H,6-7,10-11,13H2,1-2H3. The number of anilines is 1. The van der Waals surface area contributed by atoms with E-state index in [0.717, 1.165) is 42.8 Å². The maximum Gasteiger partial charge on any atom is 0.266 e. The number of fused-ring (bicyclic) bond motifs is 1. The number of hydrogen-bond acceptors (Lipinski definition) is 6. The number of nitrogens with zero attached hydrogens (tertiary/aromatic N) is 8. The van der Waals surface area contributed by atoms with Crippen molar-refractivity contribution in [1.82, 2.24) is 34.1 Å². The molecule has 9 heteroatoms. The molecule has 0 bridgehead atoms. The van der Waals surface area contributed by atoms with Crippen LogP contribution in [-0.2, 0) is 13.6 Å². The molecule has 0 N–H and O–H groups in total. The molecule has 4 aromatic heterocycles. The van der Waals surface area contributed by atoms with E-state index in [9.17, 15) is 4.79 Å². The Labute approximate surface area is 173 Å². The molecule has 0 saturated carbocycles. The van der Waals surface area contributed by atoms with Gasteiger partial charge in [-0.1, -0.05) is 0 Å². The van der Waals surface area contributed by atoms with Crippen molar-refractivity contribution in [2.45, 2.75) is 26.3 Å². The zero-order valence-corrected chi connectivity index (χ0v) is 17.1. The van der Waals surface area contributed by atoms with Gasteiger partial charge >= 0.3 is 0 Å². The van der Waals surface area contributed by atoms with Gasteiger partial charge in [0, 0.05) is 50.8 Å². The summed E-state index contributed by atoms with van der Waals surface area (Å²) in [5.41, 5.74) is 3.15. The minimum Gasteiger partial charge on any atom is -0.355 e. The van der Waals surface area contributed by atoms with Crippen LogP contribution in [0.2, 0.25) is 0 Å². The van der Waals surface area contributed by atoms with Gasteiger partial charge < -0.3 is 9.47 Å². The van der Waals surface area contributed by atoms with Gasteiger partial charge in [0.05, 0.1) is 5.52 Å². The first-order valence-corrected chi connectivity index (χ1v) is 10.2. The van der Waals surface area contributed by atoms with Crippen LogP contribution in [0.15, 0.2) is 47.8 Å². The lowest BCUT2D eigenvalue weighted by atomic mass is 9.97. The summed E-state index contributed by atoms with van der Waals surface area (Å²) in [7, 11) is 2.06. The third-order valence-corrected chi connectivity index (χ3v) is 5.98. The molecule has 0 aliphatic carbocycles. The Kier molecular flexibility index (Phi) is 4.57. The molecule has 5 heterocycles. The largest absolute Gasteiger partial charge is 0.355 e. The second kappa shape index (κ2) is 7.40. The lowest BCUT2D eigenvalue weighted by molar-refractivity contribution is 0.334. The van der Waals surface area contributed by atoms with Crippen LogP contribution < -0.4 is 10.5 Å². The molecular weight excluding hydrogens is 380 g/mol. The second-order valence-corrected chi connectivity index (χ2v) is 7.87. The highest BCUT2D eigenvalue weighted by molar-refractivity contribution is 5.87. The second-order valence-electron chi connectivity index (χ2n) is 7.87. The summed E-state index contributed by atoms with van der Waals surface area (Å²) < 4.78 is 5.39. The van der Waals surface area contributed by atoms with Gasteiger partial charge in [-0.05, 0) is 43.9 Å². The predicted octanol–water partition coefficient (Wildman–Crippen LogP) is 1.94. The summed E-state index contributed by atoms with van der Waals surface area (Å²) in [6, 6.07) is 7.20. The van der Waals surface area contributed by atoms with Gasteiger partial charge in [-0.25, -0.2) is 19.3 Å². The van der Waals surface area contributed by atoms with E-state index in [1.54, 1.807) is 34.0 Å². The average molecular weight is 404 g/mol. The molecule has 1 aliphatic rings. The van der Waals surface area contributed by atoms with Crippen molar-refractivity contribution in [3.8, 4) is 5.82 Å². The number of aromatic nitrogens is 7. The molecule has 0 amide bonds. The van der Waals surface area contributed by atoms with Gasteiger partial charge in [-0.2, -0.15) is 5.10 Å². The molecule has 154 valence electrons.